The molecule has 25 heavy (non-hydrogen) atoms. The summed E-state index contributed by atoms with van der Waals surface area (Å²) in [6.45, 7) is 8.47. The van der Waals surface area contributed by atoms with Gasteiger partial charge in [-0.15, -0.1) is 23.7 Å². The van der Waals surface area contributed by atoms with Gasteiger partial charge in [-0.1, -0.05) is 6.07 Å². The van der Waals surface area contributed by atoms with E-state index >= 15 is 0 Å². The van der Waals surface area contributed by atoms with Crippen LogP contribution < -0.4 is 10.6 Å². The summed E-state index contributed by atoms with van der Waals surface area (Å²) in [5.41, 5.74) is 5.86. The van der Waals surface area contributed by atoms with E-state index in [2.05, 4.69) is 48.5 Å². The number of anilines is 1. The number of nitrogens with one attached hydrogen (secondary N) is 2. The van der Waals surface area contributed by atoms with Gasteiger partial charge in [0, 0.05) is 17.4 Å². The van der Waals surface area contributed by atoms with Crippen LogP contribution in [0.25, 0.3) is 11.3 Å². The summed E-state index contributed by atoms with van der Waals surface area (Å²) < 4.78 is 0. The van der Waals surface area contributed by atoms with Gasteiger partial charge in [0.05, 0.1) is 5.69 Å². The first kappa shape index (κ1) is 19.9. The minimum absolute atomic E-state index is 0. The molecule has 1 saturated heterocycles. The molecular formula is C19H26ClN3OS. The maximum absolute atomic E-state index is 12.1. The standard InChI is InChI=1S/C19H25N3OS.ClH/c1-12-8-14(3)16(9-13(12)2)17-11-24-19(21-17)22-18(23)5-4-15-6-7-20-10-15;/h8-9,11,15,20H,4-7,10H2,1-3H3,(H,21,22,23);1H. The van der Waals surface area contributed by atoms with Crippen LogP contribution in [0.2, 0.25) is 0 Å². The number of amides is 1. The van der Waals surface area contributed by atoms with E-state index in [1.165, 1.54) is 34.4 Å². The molecule has 1 amide bonds. The molecule has 6 heteroatoms. The Morgan fingerprint density at radius 3 is 2.76 bits per heavy atom. The van der Waals surface area contributed by atoms with Crippen LogP contribution in [-0.2, 0) is 4.79 Å². The number of aromatic nitrogens is 1. The highest BCUT2D eigenvalue weighted by Gasteiger charge is 2.16. The van der Waals surface area contributed by atoms with Crippen molar-refractivity contribution in [3.8, 4) is 11.3 Å². The molecule has 1 aromatic heterocycles. The van der Waals surface area contributed by atoms with Crippen molar-refractivity contribution in [3.05, 3.63) is 34.2 Å². The second-order valence-corrected chi connectivity index (χ2v) is 7.59. The third-order valence-electron chi connectivity index (χ3n) is 4.81. The lowest BCUT2D eigenvalue weighted by Gasteiger charge is -2.08. The number of aryl methyl sites for hydroxylation is 3. The van der Waals surface area contributed by atoms with Gasteiger partial charge in [-0.3, -0.25) is 4.79 Å². The molecule has 0 aliphatic carbocycles. The van der Waals surface area contributed by atoms with Crippen LogP contribution in [-0.4, -0.2) is 24.0 Å². The van der Waals surface area contributed by atoms with Crippen LogP contribution in [0.15, 0.2) is 17.5 Å². The molecule has 1 aromatic carbocycles. The highest BCUT2D eigenvalue weighted by Crippen LogP contribution is 2.29. The van der Waals surface area contributed by atoms with E-state index in [-0.39, 0.29) is 18.3 Å². The van der Waals surface area contributed by atoms with Crippen LogP contribution in [0, 0.1) is 26.7 Å². The van der Waals surface area contributed by atoms with Crippen LogP contribution in [0.4, 0.5) is 5.13 Å². The van der Waals surface area contributed by atoms with Crippen molar-refractivity contribution in [2.24, 2.45) is 5.92 Å². The lowest BCUT2D eigenvalue weighted by atomic mass is 9.99. The fourth-order valence-corrected chi connectivity index (χ4v) is 3.90. The fourth-order valence-electron chi connectivity index (χ4n) is 3.17. The van der Waals surface area contributed by atoms with Crippen molar-refractivity contribution in [2.75, 3.05) is 18.4 Å². The van der Waals surface area contributed by atoms with Crippen LogP contribution in [0.1, 0.15) is 36.0 Å². The van der Waals surface area contributed by atoms with Gasteiger partial charge in [0.2, 0.25) is 5.91 Å². The summed E-state index contributed by atoms with van der Waals surface area (Å²) in [6.07, 6.45) is 2.71. The van der Waals surface area contributed by atoms with E-state index in [4.69, 9.17) is 0 Å². The molecule has 136 valence electrons. The molecule has 1 aliphatic rings. The Labute approximate surface area is 159 Å². The second-order valence-electron chi connectivity index (χ2n) is 6.73. The molecule has 2 N–H and O–H groups in total. The summed E-state index contributed by atoms with van der Waals surface area (Å²) in [6, 6.07) is 4.37. The number of carbonyl (C=O) groups is 1. The lowest BCUT2D eigenvalue weighted by molar-refractivity contribution is -0.116. The lowest BCUT2D eigenvalue weighted by Crippen LogP contribution is -2.14. The summed E-state index contributed by atoms with van der Waals surface area (Å²) in [5.74, 6) is 0.709. The molecule has 1 atom stereocenters. The number of rotatable bonds is 5. The average Bonchev–Trinajstić information content (AvgIpc) is 3.20. The number of benzene rings is 1. The zero-order chi connectivity index (χ0) is 17.1. The third-order valence-corrected chi connectivity index (χ3v) is 5.57. The van der Waals surface area contributed by atoms with Crippen molar-refractivity contribution < 1.29 is 4.79 Å². The van der Waals surface area contributed by atoms with E-state index in [0.29, 0.717) is 17.5 Å². The number of halogens is 1. The minimum Gasteiger partial charge on any atom is -0.316 e. The first-order valence-corrected chi connectivity index (χ1v) is 9.45. The number of hydrogen-bond donors (Lipinski definition) is 2. The van der Waals surface area contributed by atoms with E-state index in [1.54, 1.807) is 0 Å². The largest absolute Gasteiger partial charge is 0.316 e. The van der Waals surface area contributed by atoms with Crippen LogP contribution in [0.5, 0.6) is 0 Å². The zero-order valence-corrected chi connectivity index (χ0v) is 16.6. The monoisotopic (exact) mass is 379 g/mol. The molecular weight excluding hydrogens is 354 g/mol. The van der Waals surface area contributed by atoms with E-state index in [1.807, 2.05) is 5.38 Å². The summed E-state index contributed by atoms with van der Waals surface area (Å²) in [5, 5.41) is 9.00. The quantitative estimate of drug-likeness (QED) is 0.804. The van der Waals surface area contributed by atoms with E-state index < -0.39 is 0 Å². The van der Waals surface area contributed by atoms with Crippen molar-refractivity contribution in [1.29, 1.82) is 0 Å². The number of nitrogens with zero attached hydrogens (tertiary/aromatic N) is 1. The second kappa shape index (κ2) is 8.79. The molecule has 1 unspecified atom stereocenters. The molecule has 0 radical (unpaired) electrons. The van der Waals surface area contributed by atoms with Gasteiger partial charge in [0.15, 0.2) is 5.13 Å². The smallest absolute Gasteiger partial charge is 0.226 e. The fraction of sp³-hybridized carbons (Fsp3) is 0.474. The van der Waals surface area contributed by atoms with Crippen LogP contribution in [0.3, 0.4) is 0 Å². The summed E-state index contributed by atoms with van der Waals surface area (Å²) in [7, 11) is 0. The Balaban J connectivity index is 0.00000225. The molecule has 1 fully saturated rings. The van der Waals surface area contributed by atoms with Crippen molar-refractivity contribution in [2.45, 2.75) is 40.0 Å². The highest BCUT2D eigenvalue weighted by molar-refractivity contribution is 7.14. The molecule has 3 rings (SSSR count). The normalized spacial score (nSPS) is 16.5. The Bertz CT molecular complexity index is 738. The predicted molar refractivity (Wildman–Crippen MR) is 108 cm³/mol. The van der Waals surface area contributed by atoms with Gasteiger partial charge < -0.3 is 10.6 Å². The molecule has 4 nitrogen and oxygen atoms in total. The average molecular weight is 380 g/mol. The Morgan fingerprint density at radius 1 is 1.28 bits per heavy atom. The van der Waals surface area contributed by atoms with Gasteiger partial charge in [0.25, 0.3) is 0 Å². The van der Waals surface area contributed by atoms with Crippen LogP contribution >= 0.6 is 23.7 Å². The van der Waals surface area contributed by atoms with E-state index in [0.717, 1.165) is 30.8 Å². The predicted octanol–water partition coefficient (Wildman–Crippen LogP) is 4.49. The first-order valence-electron chi connectivity index (χ1n) is 8.57. The number of carbonyl (C=O) groups excluding carboxylic acids is 1. The molecule has 2 aromatic rings. The van der Waals surface area contributed by atoms with Gasteiger partial charge >= 0.3 is 0 Å². The topological polar surface area (TPSA) is 54.0 Å². The molecule has 0 spiro atoms. The van der Waals surface area contributed by atoms with Crippen molar-refractivity contribution >= 4 is 34.8 Å². The van der Waals surface area contributed by atoms with Gasteiger partial charge in [-0.25, -0.2) is 4.98 Å². The maximum atomic E-state index is 12.1. The molecule has 1 aliphatic heterocycles. The SMILES string of the molecule is Cc1cc(C)c(-c2csc(NC(=O)CCC3CCNC3)n2)cc1C.Cl. The van der Waals surface area contributed by atoms with Crippen molar-refractivity contribution in [3.63, 3.8) is 0 Å². The van der Waals surface area contributed by atoms with Gasteiger partial charge in [-0.2, -0.15) is 0 Å². The van der Waals surface area contributed by atoms with Crippen molar-refractivity contribution in [1.82, 2.24) is 10.3 Å². The Morgan fingerprint density at radius 2 is 2.04 bits per heavy atom. The number of thiazole rings is 1. The molecule has 0 saturated carbocycles. The third kappa shape index (κ3) is 5.03. The maximum Gasteiger partial charge on any atom is 0.226 e. The first-order chi connectivity index (χ1) is 11.5. The van der Waals surface area contributed by atoms with Gasteiger partial charge in [-0.05, 0) is 75.4 Å². The summed E-state index contributed by atoms with van der Waals surface area (Å²) >= 11 is 1.49. The Hall–Kier alpha value is -1.43. The summed E-state index contributed by atoms with van der Waals surface area (Å²) in [4.78, 5) is 16.7. The van der Waals surface area contributed by atoms with E-state index in [9.17, 15) is 4.79 Å². The highest BCUT2D eigenvalue weighted by atomic mass is 35.5. The molecule has 0 bridgehead atoms. The Kier molecular flexibility index (Phi) is 6.99. The zero-order valence-electron chi connectivity index (χ0n) is 15.0. The van der Waals surface area contributed by atoms with Gasteiger partial charge in [0.1, 0.15) is 0 Å². The number of hydrogen-bond acceptors (Lipinski definition) is 4. The minimum atomic E-state index is 0. The molecule has 2 heterocycles.